The summed E-state index contributed by atoms with van der Waals surface area (Å²) >= 11 is 0. The number of aromatic nitrogens is 2. The standard InChI is InChI=1S/C13H26N4O2P2S/c1-13(2,11-15-8-5-6-9-15)16-10-7-12(14-16)22(18,19)17(20-3)21-4/h7,10,20-21H,5-6,8-9,11H2,1-4H3. The Morgan fingerprint density at radius 3 is 2.41 bits per heavy atom. The van der Waals surface area contributed by atoms with Crippen molar-refractivity contribution in [1.29, 1.82) is 0 Å². The highest BCUT2D eigenvalue weighted by Gasteiger charge is 2.30. The molecule has 2 atom stereocenters. The third kappa shape index (κ3) is 3.88. The second kappa shape index (κ2) is 7.23. The summed E-state index contributed by atoms with van der Waals surface area (Å²) in [6.07, 6.45) is 4.29. The summed E-state index contributed by atoms with van der Waals surface area (Å²) in [5.41, 5.74) is -0.216. The van der Waals surface area contributed by atoms with Gasteiger partial charge in [-0.2, -0.15) is 8.94 Å². The highest BCUT2D eigenvalue weighted by Crippen LogP contribution is 2.34. The van der Waals surface area contributed by atoms with Gasteiger partial charge in [0.05, 0.1) is 5.54 Å². The lowest BCUT2D eigenvalue weighted by atomic mass is 10.1. The predicted octanol–water partition coefficient (Wildman–Crippen LogP) is 2.15. The highest BCUT2D eigenvalue weighted by molar-refractivity contribution is 7.97. The zero-order chi connectivity index (χ0) is 16.4. The lowest BCUT2D eigenvalue weighted by Gasteiger charge is -2.30. The van der Waals surface area contributed by atoms with Crippen molar-refractivity contribution < 1.29 is 8.42 Å². The Hall–Kier alpha value is -0.0600. The van der Waals surface area contributed by atoms with E-state index in [0.29, 0.717) is 0 Å². The molecule has 0 saturated carbocycles. The van der Waals surface area contributed by atoms with Crippen LogP contribution < -0.4 is 0 Å². The first-order chi connectivity index (χ1) is 10.3. The average molecular weight is 364 g/mol. The molecule has 0 amide bonds. The number of hydrogen-bond acceptors (Lipinski definition) is 4. The quantitative estimate of drug-likeness (QED) is 0.696. The van der Waals surface area contributed by atoms with Gasteiger partial charge in [-0.05, 0) is 76.6 Å². The zero-order valence-electron chi connectivity index (χ0n) is 13.7. The van der Waals surface area contributed by atoms with E-state index in [1.807, 2.05) is 13.3 Å². The van der Waals surface area contributed by atoms with E-state index >= 15 is 0 Å². The van der Waals surface area contributed by atoms with Gasteiger partial charge < -0.3 is 4.90 Å². The maximum atomic E-state index is 12.5. The molecule has 1 aromatic rings. The monoisotopic (exact) mass is 364 g/mol. The number of rotatable bonds is 7. The maximum absolute atomic E-state index is 12.5. The van der Waals surface area contributed by atoms with E-state index < -0.39 is 10.0 Å². The normalized spacial score (nSPS) is 18.6. The predicted molar refractivity (Wildman–Crippen MR) is 94.7 cm³/mol. The van der Waals surface area contributed by atoms with E-state index in [1.165, 1.54) is 16.7 Å². The summed E-state index contributed by atoms with van der Waals surface area (Å²) in [7, 11) is -3.00. The van der Waals surface area contributed by atoms with E-state index in [9.17, 15) is 8.42 Å². The van der Waals surface area contributed by atoms with Crippen molar-refractivity contribution in [3.05, 3.63) is 12.3 Å². The van der Waals surface area contributed by atoms with Crippen LogP contribution in [0.15, 0.2) is 17.3 Å². The molecule has 6 nitrogen and oxygen atoms in total. The molecule has 0 bridgehead atoms. The molecular formula is C13H26N4O2P2S. The molecule has 0 aliphatic carbocycles. The molecule has 2 rings (SSSR count). The molecule has 2 unspecified atom stereocenters. The molecule has 9 heteroatoms. The summed E-state index contributed by atoms with van der Waals surface area (Å²) in [4.78, 5) is 2.42. The summed E-state index contributed by atoms with van der Waals surface area (Å²) < 4.78 is 28.4. The average Bonchev–Trinajstić information content (AvgIpc) is 3.09. The Kier molecular flexibility index (Phi) is 6.01. The van der Waals surface area contributed by atoms with Crippen molar-refractivity contribution in [3.8, 4) is 0 Å². The van der Waals surface area contributed by atoms with Gasteiger partial charge in [0.25, 0.3) is 10.0 Å². The fourth-order valence-corrected chi connectivity index (χ4v) is 6.78. The minimum atomic E-state index is -3.46. The maximum Gasteiger partial charge on any atom is 0.268 e. The largest absolute Gasteiger partial charge is 0.301 e. The van der Waals surface area contributed by atoms with Gasteiger partial charge in [0.1, 0.15) is 0 Å². The summed E-state index contributed by atoms with van der Waals surface area (Å²) in [5, 5.41) is 4.54. The molecular weight excluding hydrogens is 338 g/mol. The zero-order valence-corrected chi connectivity index (χ0v) is 16.5. The van der Waals surface area contributed by atoms with E-state index in [1.54, 1.807) is 16.9 Å². The van der Waals surface area contributed by atoms with Gasteiger partial charge in [-0.25, -0.2) is 8.42 Å². The van der Waals surface area contributed by atoms with Crippen LogP contribution in [0.25, 0.3) is 0 Å². The molecule has 0 spiro atoms. The van der Waals surface area contributed by atoms with E-state index in [2.05, 4.69) is 23.8 Å². The smallest absolute Gasteiger partial charge is 0.268 e. The minimum Gasteiger partial charge on any atom is -0.301 e. The van der Waals surface area contributed by atoms with Crippen molar-refractivity contribution in [2.75, 3.05) is 33.0 Å². The second-order valence-corrected chi connectivity index (χ2v) is 10.7. The van der Waals surface area contributed by atoms with Gasteiger partial charge in [0.15, 0.2) is 5.03 Å². The molecule has 22 heavy (non-hydrogen) atoms. The summed E-state index contributed by atoms with van der Waals surface area (Å²) in [6.45, 7) is 11.1. The molecule has 1 aromatic heterocycles. The molecule has 1 saturated heterocycles. The highest BCUT2D eigenvalue weighted by atomic mass is 32.2. The lowest BCUT2D eigenvalue weighted by molar-refractivity contribution is 0.195. The first-order valence-electron chi connectivity index (χ1n) is 7.50. The number of sulfonamides is 1. The van der Waals surface area contributed by atoms with E-state index in [0.717, 1.165) is 19.6 Å². The van der Waals surface area contributed by atoms with Crippen molar-refractivity contribution in [1.82, 2.24) is 18.5 Å². The van der Waals surface area contributed by atoms with Crippen LogP contribution in [-0.4, -0.2) is 59.9 Å². The SMILES string of the molecule is CPN(PC)S(=O)(=O)c1ccn(C(C)(C)CN2CCCC2)n1. The molecule has 0 aromatic carbocycles. The topological polar surface area (TPSA) is 58.4 Å². The van der Waals surface area contributed by atoms with Gasteiger partial charge in [-0.15, -0.1) is 0 Å². The molecule has 1 aliphatic rings. The molecule has 1 fully saturated rings. The summed E-state index contributed by atoms with van der Waals surface area (Å²) in [6, 6.07) is 1.62. The lowest BCUT2D eigenvalue weighted by Crippen LogP contribution is -2.40. The van der Waals surface area contributed by atoms with Crippen LogP contribution in [0.1, 0.15) is 26.7 Å². The van der Waals surface area contributed by atoms with Crippen LogP contribution in [0.5, 0.6) is 0 Å². The Labute approximate surface area is 137 Å². The third-order valence-corrected chi connectivity index (χ3v) is 9.82. The van der Waals surface area contributed by atoms with Crippen molar-refractivity contribution in [2.24, 2.45) is 0 Å². The third-order valence-electron chi connectivity index (χ3n) is 3.90. The second-order valence-electron chi connectivity index (χ2n) is 6.11. The first-order valence-corrected chi connectivity index (χ1v) is 11.8. The van der Waals surface area contributed by atoms with E-state index in [4.69, 9.17) is 0 Å². The number of likely N-dealkylation sites (tertiary alicyclic amines) is 1. The van der Waals surface area contributed by atoms with Gasteiger partial charge in [-0.1, -0.05) is 0 Å². The number of nitrogens with zero attached hydrogens (tertiary/aromatic N) is 4. The summed E-state index contributed by atoms with van der Waals surface area (Å²) in [5.74, 6) is 0. The molecule has 2 heterocycles. The Balaban J connectivity index is 2.19. The molecule has 1 aliphatic heterocycles. The van der Waals surface area contributed by atoms with Crippen LogP contribution >= 0.6 is 17.5 Å². The van der Waals surface area contributed by atoms with Gasteiger partial charge in [0.2, 0.25) is 0 Å². The van der Waals surface area contributed by atoms with Crippen LogP contribution in [-0.2, 0) is 15.6 Å². The van der Waals surface area contributed by atoms with Crippen LogP contribution in [0.2, 0.25) is 0 Å². The van der Waals surface area contributed by atoms with Crippen LogP contribution in [0.4, 0.5) is 0 Å². The molecule has 0 N–H and O–H groups in total. The van der Waals surface area contributed by atoms with Crippen LogP contribution in [0.3, 0.4) is 0 Å². The minimum absolute atomic E-state index is 0.158. The van der Waals surface area contributed by atoms with Crippen molar-refractivity contribution in [3.63, 3.8) is 0 Å². The van der Waals surface area contributed by atoms with Gasteiger partial charge in [0, 0.05) is 12.7 Å². The Morgan fingerprint density at radius 1 is 1.27 bits per heavy atom. The van der Waals surface area contributed by atoms with Crippen molar-refractivity contribution in [2.45, 2.75) is 37.3 Å². The molecule has 0 radical (unpaired) electrons. The fourth-order valence-electron chi connectivity index (χ4n) is 2.79. The van der Waals surface area contributed by atoms with Crippen molar-refractivity contribution >= 4 is 27.5 Å². The first kappa shape index (κ1) is 18.3. The Morgan fingerprint density at radius 2 is 1.86 bits per heavy atom. The number of hydrogen-bond donors (Lipinski definition) is 0. The Bertz CT molecular complexity index is 593. The van der Waals surface area contributed by atoms with Gasteiger partial charge in [-0.3, -0.25) is 4.68 Å². The van der Waals surface area contributed by atoms with Gasteiger partial charge >= 0.3 is 0 Å². The van der Waals surface area contributed by atoms with E-state index in [-0.39, 0.29) is 28.0 Å². The molecule has 126 valence electrons. The van der Waals surface area contributed by atoms with Crippen LogP contribution in [0, 0.1) is 0 Å². The fraction of sp³-hybridized carbons (Fsp3) is 0.769.